The number of benzene rings is 1. The van der Waals surface area contributed by atoms with Gasteiger partial charge < -0.3 is 10.5 Å². The van der Waals surface area contributed by atoms with Crippen LogP contribution < -0.4 is 10.5 Å². The number of ether oxygens (including phenoxy) is 1. The van der Waals surface area contributed by atoms with Crippen molar-refractivity contribution in [2.24, 2.45) is 0 Å². The minimum atomic E-state index is 0.464. The van der Waals surface area contributed by atoms with Crippen molar-refractivity contribution >= 4 is 5.69 Å². The molecule has 2 rings (SSSR count). The van der Waals surface area contributed by atoms with Crippen LogP contribution >= 0.6 is 0 Å². The van der Waals surface area contributed by atoms with Crippen LogP contribution in [-0.2, 0) is 6.61 Å². The lowest BCUT2D eigenvalue weighted by Gasteiger charge is -2.09. The fraction of sp³-hybridized carbons (Fsp3) is 0.214. The Bertz CT molecular complexity index is 523. The Morgan fingerprint density at radius 1 is 1.18 bits per heavy atom. The molecule has 0 amide bonds. The highest BCUT2D eigenvalue weighted by molar-refractivity contribution is 5.47. The van der Waals surface area contributed by atoms with Gasteiger partial charge in [0.25, 0.3) is 0 Å². The summed E-state index contributed by atoms with van der Waals surface area (Å²) in [6.07, 6.45) is 0. The van der Waals surface area contributed by atoms with Crippen LogP contribution in [0.25, 0.3) is 0 Å². The fourth-order valence-corrected chi connectivity index (χ4v) is 1.60. The molecule has 0 aliphatic carbocycles. The Morgan fingerprint density at radius 3 is 2.76 bits per heavy atom. The number of nitrogens with two attached hydrogens (primary N) is 1. The van der Waals surface area contributed by atoms with Crippen molar-refractivity contribution in [3.8, 4) is 5.75 Å². The Balaban J connectivity index is 2.09. The van der Waals surface area contributed by atoms with Crippen LogP contribution in [0, 0.1) is 13.8 Å². The molecule has 0 saturated carbocycles. The Labute approximate surface area is 101 Å². The zero-order valence-electron chi connectivity index (χ0n) is 10.1. The van der Waals surface area contributed by atoms with E-state index in [1.54, 1.807) is 0 Å². The summed E-state index contributed by atoms with van der Waals surface area (Å²) in [6.45, 7) is 4.43. The lowest BCUT2D eigenvalue weighted by molar-refractivity contribution is 0.299. The molecule has 2 aromatic rings. The summed E-state index contributed by atoms with van der Waals surface area (Å²) in [6, 6.07) is 11.6. The first-order valence-electron chi connectivity index (χ1n) is 5.56. The fourth-order valence-electron chi connectivity index (χ4n) is 1.60. The first-order valence-corrected chi connectivity index (χ1v) is 5.56. The van der Waals surface area contributed by atoms with Gasteiger partial charge in [0.2, 0.25) is 0 Å². The Hall–Kier alpha value is -2.03. The zero-order valence-corrected chi connectivity index (χ0v) is 10.1. The summed E-state index contributed by atoms with van der Waals surface area (Å²) < 4.78 is 5.72. The lowest BCUT2D eigenvalue weighted by Crippen LogP contribution is -2.00. The maximum Gasteiger partial charge on any atom is 0.130 e. The van der Waals surface area contributed by atoms with Gasteiger partial charge in [0, 0.05) is 17.4 Å². The second kappa shape index (κ2) is 4.87. The van der Waals surface area contributed by atoms with Crippen molar-refractivity contribution in [3.63, 3.8) is 0 Å². The molecule has 0 atom stereocenters. The highest BCUT2D eigenvalue weighted by atomic mass is 16.5. The molecule has 3 heteroatoms. The number of aryl methyl sites for hydroxylation is 2. The van der Waals surface area contributed by atoms with E-state index in [1.807, 2.05) is 50.2 Å². The van der Waals surface area contributed by atoms with Gasteiger partial charge in [-0.3, -0.25) is 4.98 Å². The van der Waals surface area contributed by atoms with Gasteiger partial charge in [-0.2, -0.15) is 0 Å². The molecular weight excluding hydrogens is 212 g/mol. The predicted octanol–water partition coefficient (Wildman–Crippen LogP) is 2.86. The molecule has 0 bridgehead atoms. The van der Waals surface area contributed by atoms with E-state index in [1.165, 1.54) is 0 Å². The highest BCUT2D eigenvalue weighted by Gasteiger charge is 2.01. The highest BCUT2D eigenvalue weighted by Crippen LogP contribution is 2.21. The van der Waals surface area contributed by atoms with Crippen LogP contribution in [-0.4, -0.2) is 4.98 Å². The minimum absolute atomic E-state index is 0.464. The summed E-state index contributed by atoms with van der Waals surface area (Å²) in [5.41, 5.74) is 9.43. The van der Waals surface area contributed by atoms with Gasteiger partial charge in [-0.15, -0.1) is 0 Å². The van der Waals surface area contributed by atoms with Crippen molar-refractivity contribution in [1.82, 2.24) is 4.98 Å². The van der Waals surface area contributed by atoms with Crippen molar-refractivity contribution in [2.45, 2.75) is 20.5 Å². The molecule has 0 unspecified atom stereocenters. The normalized spacial score (nSPS) is 10.2. The number of hydrogen-bond acceptors (Lipinski definition) is 3. The quantitative estimate of drug-likeness (QED) is 0.822. The van der Waals surface area contributed by atoms with E-state index in [0.29, 0.717) is 12.3 Å². The molecule has 0 aliphatic heterocycles. The Kier molecular flexibility index (Phi) is 3.28. The van der Waals surface area contributed by atoms with Crippen molar-refractivity contribution in [1.29, 1.82) is 0 Å². The monoisotopic (exact) mass is 228 g/mol. The van der Waals surface area contributed by atoms with Gasteiger partial charge in [-0.25, -0.2) is 0 Å². The van der Waals surface area contributed by atoms with Crippen molar-refractivity contribution in [2.75, 3.05) is 5.73 Å². The van der Waals surface area contributed by atoms with E-state index in [-0.39, 0.29) is 0 Å². The van der Waals surface area contributed by atoms with Gasteiger partial charge in [-0.05, 0) is 37.6 Å². The molecule has 0 radical (unpaired) electrons. The smallest absolute Gasteiger partial charge is 0.130 e. The van der Waals surface area contributed by atoms with E-state index >= 15 is 0 Å². The van der Waals surface area contributed by atoms with E-state index in [0.717, 1.165) is 22.7 Å². The molecular formula is C14H16N2O. The van der Waals surface area contributed by atoms with Gasteiger partial charge in [-0.1, -0.05) is 12.1 Å². The van der Waals surface area contributed by atoms with E-state index in [4.69, 9.17) is 10.5 Å². The summed E-state index contributed by atoms with van der Waals surface area (Å²) in [7, 11) is 0. The lowest BCUT2D eigenvalue weighted by atomic mass is 10.2. The summed E-state index contributed by atoms with van der Waals surface area (Å²) in [5, 5.41) is 0. The zero-order chi connectivity index (χ0) is 12.3. The molecule has 1 aromatic carbocycles. The number of hydrogen-bond donors (Lipinski definition) is 1. The minimum Gasteiger partial charge on any atom is -0.487 e. The summed E-state index contributed by atoms with van der Waals surface area (Å²) >= 11 is 0. The predicted molar refractivity (Wildman–Crippen MR) is 68.9 cm³/mol. The van der Waals surface area contributed by atoms with Crippen LogP contribution in [0.3, 0.4) is 0 Å². The van der Waals surface area contributed by atoms with E-state index in [2.05, 4.69) is 4.98 Å². The van der Waals surface area contributed by atoms with Crippen LogP contribution in [0.4, 0.5) is 5.69 Å². The third kappa shape index (κ3) is 2.97. The third-order valence-electron chi connectivity index (χ3n) is 2.53. The number of aromatic nitrogens is 1. The van der Waals surface area contributed by atoms with Crippen molar-refractivity contribution in [3.05, 3.63) is 53.3 Å². The molecule has 0 fully saturated rings. The maximum atomic E-state index is 5.72. The van der Waals surface area contributed by atoms with Gasteiger partial charge >= 0.3 is 0 Å². The summed E-state index contributed by atoms with van der Waals surface area (Å²) in [4.78, 5) is 4.38. The van der Waals surface area contributed by atoms with Gasteiger partial charge in [0.1, 0.15) is 12.4 Å². The van der Waals surface area contributed by atoms with E-state index in [9.17, 15) is 0 Å². The second-order valence-electron chi connectivity index (χ2n) is 4.08. The third-order valence-corrected chi connectivity index (χ3v) is 2.53. The Morgan fingerprint density at radius 2 is 2.00 bits per heavy atom. The van der Waals surface area contributed by atoms with Crippen LogP contribution in [0.5, 0.6) is 5.75 Å². The standard InChI is InChI=1S/C14H16N2O/c1-10-6-7-12(15)8-14(10)17-9-13-5-3-4-11(2)16-13/h3-8H,9,15H2,1-2H3. The molecule has 1 aromatic heterocycles. The molecule has 0 aliphatic rings. The number of nitrogens with zero attached hydrogens (tertiary/aromatic N) is 1. The van der Waals surface area contributed by atoms with E-state index < -0.39 is 0 Å². The number of anilines is 1. The van der Waals surface area contributed by atoms with Crippen molar-refractivity contribution < 1.29 is 4.74 Å². The molecule has 0 spiro atoms. The summed E-state index contributed by atoms with van der Waals surface area (Å²) in [5.74, 6) is 0.813. The average Bonchev–Trinajstić information content (AvgIpc) is 2.30. The number of pyridine rings is 1. The molecule has 2 N–H and O–H groups in total. The topological polar surface area (TPSA) is 48.1 Å². The number of nitrogen functional groups attached to an aromatic ring is 1. The average molecular weight is 228 g/mol. The molecule has 1 heterocycles. The number of rotatable bonds is 3. The van der Waals surface area contributed by atoms with Crippen LogP contribution in [0.15, 0.2) is 36.4 Å². The van der Waals surface area contributed by atoms with Crippen LogP contribution in [0.2, 0.25) is 0 Å². The maximum absolute atomic E-state index is 5.72. The second-order valence-corrected chi connectivity index (χ2v) is 4.08. The SMILES string of the molecule is Cc1cccc(COc2cc(N)ccc2C)n1. The molecule has 3 nitrogen and oxygen atoms in total. The van der Waals surface area contributed by atoms with Gasteiger partial charge in [0.15, 0.2) is 0 Å². The first kappa shape index (κ1) is 11.5. The molecule has 88 valence electrons. The molecule has 0 saturated heterocycles. The largest absolute Gasteiger partial charge is 0.487 e. The first-order chi connectivity index (χ1) is 8.15. The molecule has 17 heavy (non-hydrogen) atoms. The van der Waals surface area contributed by atoms with Crippen LogP contribution in [0.1, 0.15) is 17.0 Å². The van der Waals surface area contributed by atoms with Gasteiger partial charge in [0.05, 0.1) is 5.69 Å².